The van der Waals surface area contributed by atoms with E-state index in [2.05, 4.69) is 0 Å². The largest absolute Gasteiger partial charge is 0.445 e. The van der Waals surface area contributed by atoms with Crippen LogP contribution in [0.15, 0.2) is 30.3 Å². The third-order valence-corrected chi connectivity index (χ3v) is 4.03. The molecule has 1 aromatic carbocycles. The van der Waals surface area contributed by atoms with Gasteiger partial charge in [-0.15, -0.1) is 11.6 Å². The van der Waals surface area contributed by atoms with E-state index in [1.54, 1.807) is 6.92 Å². The van der Waals surface area contributed by atoms with E-state index in [1.807, 2.05) is 30.3 Å². The Labute approximate surface area is 123 Å². The molecule has 0 aliphatic carbocycles. The van der Waals surface area contributed by atoms with E-state index in [4.69, 9.17) is 16.3 Å². The lowest BCUT2D eigenvalue weighted by Crippen LogP contribution is -2.51. The van der Waals surface area contributed by atoms with Gasteiger partial charge in [0.25, 0.3) is 0 Å². The van der Waals surface area contributed by atoms with Crippen molar-refractivity contribution < 1.29 is 14.3 Å². The molecule has 0 bridgehead atoms. The molecule has 0 radical (unpaired) electrons. The molecule has 0 saturated carbocycles. The molecule has 1 heterocycles. The summed E-state index contributed by atoms with van der Waals surface area (Å²) in [6, 6.07) is 9.46. The van der Waals surface area contributed by atoms with Crippen LogP contribution >= 0.6 is 11.6 Å². The number of Topliss-reactive ketones (excluding diaryl/α,β-unsaturated/α-hetero) is 1. The number of hydrogen-bond donors (Lipinski definition) is 0. The summed E-state index contributed by atoms with van der Waals surface area (Å²) in [7, 11) is 0. The zero-order valence-electron chi connectivity index (χ0n) is 11.5. The molecule has 1 aliphatic rings. The van der Waals surface area contributed by atoms with Crippen LogP contribution in [0.2, 0.25) is 0 Å². The number of nitrogens with zero attached hydrogens (tertiary/aromatic N) is 1. The third kappa shape index (κ3) is 2.96. The predicted octanol–water partition coefficient (Wildman–Crippen LogP) is 2.99. The maximum absolute atomic E-state index is 12.2. The Kier molecular flexibility index (Phi) is 4.65. The lowest BCUT2D eigenvalue weighted by Gasteiger charge is -2.32. The molecule has 0 spiro atoms. The van der Waals surface area contributed by atoms with Crippen molar-refractivity contribution in [3.8, 4) is 0 Å². The van der Waals surface area contributed by atoms with Crippen LogP contribution in [-0.4, -0.2) is 34.7 Å². The van der Waals surface area contributed by atoms with Crippen molar-refractivity contribution >= 4 is 23.5 Å². The predicted molar refractivity (Wildman–Crippen MR) is 76.7 cm³/mol. The molecule has 1 fully saturated rings. The number of rotatable bonds is 4. The van der Waals surface area contributed by atoms with Crippen LogP contribution in [-0.2, 0) is 16.1 Å². The Balaban J connectivity index is 2.00. The summed E-state index contributed by atoms with van der Waals surface area (Å²) >= 11 is 5.64. The second-order valence-corrected chi connectivity index (χ2v) is 5.39. The average Bonchev–Trinajstić information content (AvgIpc) is 2.88. The number of alkyl halides is 1. The van der Waals surface area contributed by atoms with Gasteiger partial charge in [0.1, 0.15) is 12.1 Å². The van der Waals surface area contributed by atoms with Crippen molar-refractivity contribution in [3.05, 3.63) is 35.9 Å². The number of ketones is 1. The van der Waals surface area contributed by atoms with E-state index in [9.17, 15) is 9.59 Å². The van der Waals surface area contributed by atoms with Gasteiger partial charge in [-0.1, -0.05) is 30.3 Å². The van der Waals surface area contributed by atoms with Gasteiger partial charge in [0.2, 0.25) is 0 Å². The van der Waals surface area contributed by atoms with Crippen molar-refractivity contribution in [2.75, 3.05) is 12.4 Å². The summed E-state index contributed by atoms with van der Waals surface area (Å²) in [5.74, 6) is -0.216. The molecule has 1 amide bonds. The molecule has 4 nitrogen and oxygen atoms in total. The van der Waals surface area contributed by atoms with Crippen LogP contribution < -0.4 is 0 Å². The summed E-state index contributed by atoms with van der Waals surface area (Å²) in [5, 5.41) is 0. The topological polar surface area (TPSA) is 46.6 Å². The molecule has 2 rings (SSSR count). The quantitative estimate of drug-likeness (QED) is 0.802. The van der Waals surface area contributed by atoms with Crippen molar-refractivity contribution in [2.24, 2.45) is 0 Å². The van der Waals surface area contributed by atoms with Crippen molar-refractivity contribution in [2.45, 2.75) is 31.9 Å². The van der Waals surface area contributed by atoms with Crippen molar-refractivity contribution in [1.29, 1.82) is 0 Å². The Hall–Kier alpha value is -1.55. The minimum Gasteiger partial charge on any atom is -0.445 e. The van der Waals surface area contributed by atoms with Gasteiger partial charge in [0.15, 0.2) is 5.78 Å². The number of likely N-dealkylation sites (tertiary alicyclic amines) is 1. The normalized spacial score (nSPS) is 21.8. The highest BCUT2D eigenvalue weighted by Crippen LogP contribution is 2.31. The molecule has 1 saturated heterocycles. The number of ether oxygens (including phenoxy) is 1. The number of carbonyl (C=O) groups is 2. The fourth-order valence-corrected chi connectivity index (χ4v) is 2.77. The molecule has 1 atom stereocenters. The molecule has 0 aromatic heterocycles. The van der Waals surface area contributed by atoms with E-state index in [-0.39, 0.29) is 18.3 Å². The summed E-state index contributed by atoms with van der Waals surface area (Å²) in [6.45, 7) is 2.50. The fourth-order valence-electron chi connectivity index (χ4n) is 2.49. The van der Waals surface area contributed by atoms with E-state index in [0.29, 0.717) is 13.0 Å². The minimum atomic E-state index is -0.824. The van der Waals surface area contributed by atoms with Gasteiger partial charge in [-0.25, -0.2) is 4.79 Å². The molecular weight excluding hydrogens is 278 g/mol. The number of carbonyl (C=O) groups excluding carboxylic acids is 2. The van der Waals surface area contributed by atoms with E-state index in [0.717, 1.165) is 12.0 Å². The van der Waals surface area contributed by atoms with Gasteiger partial charge < -0.3 is 4.74 Å². The summed E-state index contributed by atoms with van der Waals surface area (Å²) < 4.78 is 5.29. The Bertz CT molecular complexity index is 491. The lowest BCUT2D eigenvalue weighted by molar-refractivity contribution is -0.125. The first kappa shape index (κ1) is 14.9. The highest BCUT2D eigenvalue weighted by Gasteiger charge is 2.45. The van der Waals surface area contributed by atoms with E-state index >= 15 is 0 Å². The van der Waals surface area contributed by atoms with E-state index in [1.165, 1.54) is 4.90 Å². The highest BCUT2D eigenvalue weighted by atomic mass is 35.5. The fraction of sp³-hybridized carbons (Fsp3) is 0.467. The smallest absolute Gasteiger partial charge is 0.410 e. The molecular formula is C15H18ClNO3. The highest BCUT2D eigenvalue weighted by molar-refractivity contribution is 6.29. The molecule has 0 N–H and O–H groups in total. The van der Waals surface area contributed by atoms with Crippen LogP contribution in [0.1, 0.15) is 25.3 Å². The van der Waals surface area contributed by atoms with Gasteiger partial charge >= 0.3 is 6.09 Å². The van der Waals surface area contributed by atoms with Crippen LogP contribution in [0.5, 0.6) is 0 Å². The zero-order valence-corrected chi connectivity index (χ0v) is 12.2. The molecule has 1 unspecified atom stereocenters. The van der Waals surface area contributed by atoms with Crippen molar-refractivity contribution in [3.63, 3.8) is 0 Å². The number of hydrogen-bond acceptors (Lipinski definition) is 3. The first-order valence-electron chi connectivity index (χ1n) is 6.65. The monoisotopic (exact) mass is 295 g/mol. The SMILES string of the molecule is CC1(C(=O)CCl)CCCN1C(=O)OCc1ccccc1. The molecule has 20 heavy (non-hydrogen) atoms. The average molecular weight is 296 g/mol. The first-order valence-corrected chi connectivity index (χ1v) is 7.19. The second kappa shape index (κ2) is 6.27. The van der Waals surface area contributed by atoms with Gasteiger partial charge in [0, 0.05) is 6.54 Å². The van der Waals surface area contributed by atoms with Gasteiger partial charge in [-0.05, 0) is 25.3 Å². The molecule has 1 aliphatic heterocycles. The Morgan fingerprint density at radius 2 is 2.05 bits per heavy atom. The van der Waals surface area contributed by atoms with Gasteiger partial charge in [-0.2, -0.15) is 0 Å². The summed E-state index contributed by atoms with van der Waals surface area (Å²) in [6.07, 6.45) is 0.978. The summed E-state index contributed by atoms with van der Waals surface area (Å²) in [5.41, 5.74) is 0.0978. The molecule has 5 heteroatoms. The maximum Gasteiger partial charge on any atom is 0.410 e. The Morgan fingerprint density at radius 3 is 2.70 bits per heavy atom. The molecule has 1 aromatic rings. The minimum absolute atomic E-state index is 0.0844. The molecule has 108 valence electrons. The van der Waals surface area contributed by atoms with Gasteiger partial charge in [0.05, 0.1) is 5.88 Å². The lowest BCUT2D eigenvalue weighted by atomic mass is 9.94. The zero-order chi connectivity index (χ0) is 14.6. The third-order valence-electron chi connectivity index (χ3n) is 3.79. The number of benzene rings is 1. The first-order chi connectivity index (χ1) is 9.58. The second-order valence-electron chi connectivity index (χ2n) is 5.13. The van der Waals surface area contributed by atoms with Crippen molar-refractivity contribution in [1.82, 2.24) is 4.90 Å². The number of halogens is 1. The Morgan fingerprint density at radius 1 is 1.35 bits per heavy atom. The van der Waals surface area contributed by atoms with Crippen LogP contribution in [0.3, 0.4) is 0 Å². The van der Waals surface area contributed by atoms with Crippen LogP contribution in [0, 0.1) is 0 Å². The maximum atomic E-state index is 12.2. The number of amides is 1. The summed E-state index contributed by atoms with van der Waals surface area (Å²) in [4.78, 5) is 25.6. The van der Waals surface area contributed by atoms with Crippen LogP contribution in [0.4, 0.5) is 4.79 Å². The van der Waals surface area contributed by atoms with Crippen LogP contribution in [0.25, 0.3) is 0 Å². The van der Waals surface area contributed by atoms with E-state index < -0.39 is 11.6 Å². The van der Waals surface area contributed by atoms with Gasteiger partial charge in [-0.3, -0.25) is 9.69 Å². The standard InChI is InChI=1S/C15H18ClNO3/c1-15(13(18)10-16)8-5-9-17(15)14(19)20-11-12-6-3-2-4-7-12/h2-4,6-7H,5,8-11H2,1H3.